The first-order valence-corrected chi connectivity index (χ1v) is 12.3. The third-order valence-electron chi connectivity index (χ3n) is 5.70. The van der Waals surface area contributed by atoms with E-state index in [0.717, 1.165) is 11.1 Å². The van der Waals surface area contributed by atoms with Gasteiger partial charge in [-0.05, 0) is 30.2 Å². The highest BCUT2D eigenvalue weighted by Gasteiger charge is 2.27. The summed E-state index contributed by atoms with van der Waals surface area (Å²) < 4.78 is 22.8. The summed E-state index contributed by atoms with van der Waals surface area (Å²) in [4.78, 5) is 35.1. The Morgan fingerprint density at radius 3 is 2.37 bits per heavy atom. The van der Waals surface area contributed by atoms with E-state index in [0.29, 0.717) is 56.7 Å². The Morgan fingerprint density at radius 2 is 1.69 bits per heavy atom. The molecule has 1 aliphatic heterocycles. The van der Waals surface area contributed by atoms with Gasteiger partial charge in [0.2, 0.25) is 11.0 Å². The fraction of sp³-hybridized carbons (Fsp3) is 0.360. The second-order valence-electron chi connectivity index (χ2n) is 8.20. The van der Waals surface area contributed by atoms with Crippen molar-refractivity contribution in [3.8, 4) is 0 Å². The summed E-state index contributed by atoms with van der Waals surface area (Å²) in [5.74, 6) is 0.321. The van der Waals surface area contributed by atoms with Crippen LogP contribution in [0.15, 0.2) is 54.6 Å². The summed E-state index contributed by atoms with van der Waals surface area (Å²) in [7, 11) is 0. The highest BCUT2D eigenvalue weighted by molar-refractivity contribution is 7.09. The molecule has 2 heterocycles. The first-order chi connectivity index (χ1) is 17.0. The molecule has 2 aromatic carbocycles. The van der Waals surface area contributed by atoms with Crippen LogP contribution in [0.25, 0.3) is 0 Å². The maximum atomic E-state index is 13.2. The van der Waals surface area contributed by atoms with Crippen molar-refractivity contribution in [2.24, 2.45) is 0 Å². The topological polar surface area (TPSA) is 78.9 Å². The van der Waals surface area contributed by atoms with Crippen LogP contribution >= 0.6 is 11.5 Å². The number of ether oxygens (including phenoxy) is 1. The van der Waals surface area contributed by atoms with Crippen molar-refractivity contribution in [1.82, 2.24) is 19.2 Å². The van der Waals surface area contributed by atoms with Gasteiger partial charge < -0.3 is 19.4 Å². The highest BCUT2D eigenvalue weighted by Crippen LogP contribution is 2.22. The Hall–Kier alpha value is -3.53. The van der Waals surface area contributed by atoms with E-state index in [-0.39, 0.29) is 24.4 Å². The van der Waals surface area contributed by atoms with Crippen molar-refractivity contribution in [2.75, 3.05) is 44.2 Å². The van der Waals surface area contributed by atoms with Gasteiger partial charge in [0, 0.05) is 50.7 Å². The van der Waals surface area contributed by atoms with Gasteiger partial charge in [0.15, 0.2) is 0 Å². The molecular formula is C25H28FN5O3S. The van der Waals surface area contributed by atoms with Gasteiger partial charge in [0.25, 0.3) is 0 Å². The van der Waals surface area contributed by atoms with Crippen molar-refractivity contribution < 1.29 is 18.7 Å². The summed E-state index contributed by atoms with van der Waals surface area (Å²) in [6.45, 7) is 4.59. The lowest BCUT2D eigenvalue weighted by Crippen LogP contribution is -2.52. The number of benzene rings is 2. The standard InChI is InChI=1S/C25H28FN5O3S/c1-2-34-25(33)30-14-12-29(13-15-30)23(32)18-31(17-20-6-4-3-5-7-20)24-27-22(28-35-24)16-19-8-10-21(26)11-9-19/h3-11H,2,12-18H2,1H3. The number of amides is 2. The zero-order chi connectivity index (χ0) is 24.6. The molecule has 0 aliphatic carbocycles. The third-order valence-corrected chi connectivity index (χ3v) is 6.52. The second kappa shape index (κ2) is 11.7. The summed E-state index contributed by atoms with van der Waals surface area (Å²) in [5, 5.41) is 0.657. The van der Waals surface area contributed by atoms with Gasteiger partial charge in [-0.1, -0.05) is 42.5 Å². The molecule has 8 nitrogen and oxygen atoms in total. The number of carbonyl (C=O) groups excluding carboxylic acids is 2. The Balaban J connectivity index is 1.43. The van der Waals surface area contributed by atoms with Gasteiger partial charge in [0.1, 0.15) is 11.6 Å². The lowest BCUT2D eigenvalue weighted by molar-refractivity contribution is -0.131. The molecule has 35 heavy (non-hydrogen) atoms. The van der Waals surface area contributed by atoms with Crippen LogP contribution in [-0.4, -0.2) is 70.5 Å². The molecule has 0 bridgehead atoms. The quantitative estimate of drug-likeness (QED) is 0.474. The minimum Gasteiger partial charge on any atom is -0.450 e. The Bertz CT molecular complexity index is 1120. The van der Waals surface area contributed by atoms with Crippen molar-refractivity contribution in [1.29, 1.82) is 0 Å². The van der Waals surface area contributed by atoms with Crippen LogP contribution in [0.1, 0.15) is 23.9 Å². The predicted molar refractivity (Wildman–Crippen MR) is 132 cm³/mol. The number of hydrogen-bond acceptors (Lipinski definition) is 7. The van der Waals surface area contributed by atoms with E-state index in [4.69, 9.17) is 4.74 Å². The predicted octanol–water partition coefficient (Wildman–Crippen LogP) is 3.58. The van der Waals surface area contributed by atoms with E-state index in [1.54, 1.807) is 28.9 Å². The van der Waals surface area contributed by atoms with Gasteiger partial charge in [-0.15, -0.1) is 0 Å². The van der Waals surface area contributed by atoms with Crippen LogP contribution in [0.4, 0.5) is 14.3 Å². The van der Waals surface area contributed by atoms with Gasteiger partial charge in [-0.3, -0.25) is 4.79 Å². The Kier molecular flexibility index (Phi) is 8.25. The van der Waals surface area contributed by atoms with E-state index < -0.39 is 0 Å². The van der Waals surface area contributed by atoms with Gasteiger partial charge in [-0.25, -0.2) is 14.2 Å². The molecule has 0 N–H and O–H groups in total. The highest BCUT2D eigenvalue weighted by atomic mass is 32.1. The number of hydrogen-bond donors (Lipinski definition) is 0. The second-order valence-corrected chi connectivity index (χ2v) is 8.94. The zero-order valence-corrected chi connectivity index (χ0v) is 20.4. The molecule has 0 radical (unpaired) electrons. The zero-order valence-electron chi connectivity index (χ0n) is 19.6. The third kappa shape index (κ3) is 6.75. The molecule has 1 aromatic heterocycles. The van der Waals surface area contributed by atoms with Crippen molar-refractivity contribution in [3.63, 3.8) is 0 Å². The Labute approximate surface area is 208 Å². The van der Waals surface area contributed by atoms with Gasteiger partial charge in [-0.2, -0.15) is 4.37 Å². The number of halogens is 1. The van der Waals surface area contributed by atoms with Crippen molar-refractivity contribution in [2.45, 2.75) is 19.9 Å². The van der Waals surface area contributed by atoms with Crippen LogP contribution < -0.4 is 4.90 Å². The molecule has 0 atom stereocenters. The minimum atomic E-state index is -0.340. The van der Waals surface area contributed by atoms with Crippen LogP contribution in [0.2, 0.25) is 0 Å². The maximum absolute atomic E-state index is 13.2. The largest absolute Gasteiger partial charge is 0.450 e. The molecular weight excluding hydrogens is 469 g/mol. The monoisotopic (exact) mass is 497 g/mol. The van der Waals surface area contributed by atoms with E-state index in [9.17, 15) is 14.0 Å². The lowest BCUT2D eigenvalue weighted by atomic mass is 10.1. The van der Waals surface area contributed by atoms with Crippen molar-refractivity contribution >= 4 is 28.7 Å². The summed E-state index contributed by atoms with van der Waals surface area (Å²) in [6, 6.07) is 16.2. The summed E-state index contributed by atoms with van der Waals surface area (Å²) >= 11 is 1.25. The first kappa shape index (κ1) is 24.6. The normalized spacial score (nSPS) is 13.5. The van der Waals surface area contributed by atoms with E-state index in [1.165, 1.54) is 23.7 Å². The molecule has 4 rings (SSSR count). The van der Waals surface area contributed by atoms with Gasteiger partial charge in [0.05, 0.1) is 13.2 Å². The molecule has 0 spiro atoms. The number of rotatable bonds is 8. The molecule has 1 fully saturated rings. The molecule has 10 heteroatoms. The number of piperazine rings is 1. The van der Waals surface area contributed by atoms with E-state index >= 15 is 0 Å². The minimum absolute atomic E-state index is 0.0280. The fourth-order valence-corrected chi connectivity index (χ4v) is 4.52. The molecule has 2 amide bonds. The fourth-order valence-electron chi connectivity index (χ4n) is 3.84. The molecule has 1 aliphatic rings. The maximum Gasteiger partial charge on any atom is 0.409 e. The number of nitrogens with zero attached hydrogens (tertiary/aromatic N) is 5. The van der Waals surface area contributed by atoms with Gasteiger partial charge >= 0.3 is 6.09 Å². The lowest BCUT2D eigenvalue weighted by Gasteiger charge is -2.35. The van der Waals surface area contributed by atoms with Crippen LogP contribution in [-0.2, 0) is 22.5 Å². The average Bonchev–Trinajstić information content (AvgIpc) is 3.34. The van der Waals surface area contributed by atoms with Crippen LogP contribution in [0.5, 0.6) is 0 Å². The summed E-state index contributed by atoms with van der Waals surface area (Å²) in [5.41, 5.74) is 1.98. The van der Waals surface area contributed by atoms with Crippen LogP contribution in [0, 0.1) is 5.82 Å². The van der Waals surface area contributed by atoms with Crippen molar-refractivity contribution in [3.05, 3.63) is 77.4 Å². The number of carbonyl (C=O) groups is 2. The average molecular weight is 498 g/mol. The molecule has 0 unspecified atom stereocenters. The smallest absolute Gasteiger partial charge is 0.409 e. The van der Waals surface area contributed by atoms with Crippen LogP contribution in [0.3, 0.4) is 0 Å². The summed E-state index contributed by atoms with van der Waals surface area (Å²) in [6.07, 6.45) is 0.146. The molecule has 1 saturated heterocycles. The Morgan fingerprint density at radius 1 is 1.00 bits per heavy atom. The van der Waals surface area contributed by atoms with E-state index in [2.05, 4.69) is 9.36 Å². The first-order valence-electron chi connectivity index (χ1n) is 11.6. The molecule has 184 valence electrons. The molecule has 3 aromatic rings. The van der Waals surface area contributed by atoms with E-state index in [1.807, 2.05) is 35.2 Å². The molecule has 0 saturated carbocycles. The number of anilines is 1. The number of aromatic nitrogens is 2. The SMILES string of the molecule is CCOC(=O)N1CCN(C(=O)CN(Cc2ccccc2)c2nc(Cc3ccc(F)cc3)ns2)CC1.